The number of aromatic nitrogens is 3. The van der Waals surface area contributed by atoms with Crippen LogP contribution in [0, 0.1) is 17.8 Å². The SMILES string of the molecule is COc1cc(Oc2ccnc3cc(OC)c(C(N)=O)cc23)ccc1Nc1nn(C)cc1C(=O)NC12CC3CC(CC(C3)C1)C2. The number of carbonyl (C=O) groups excluding carboxylic acids is 2. The van der Waals surface area contributed by atoms with Crippen molar-refractivity contribution in [2.24, 2.45) is 30.5 Å². The third kappa shape index (κ3) is 5.06. The summed E-state index contributed by atoms with van der Waals surface area (Å²) >= 11 is 0. The Morgan fingerprint density at radius 2 is 1.64 bits per heavy atom. The van der Waals surface area contributed by atoms with Gasteiger partial charge in [0.15, 0.2) is 5.82 Å². The van der Waals surface area contributed by atoms with Crippen molar-refractivity contribution in [3.05, 3.63) is 59.9 Å². The number of fused-ring (bicyclic) bond motifs is 1. The highest BCUT2D eigenvalue weighted by Gasteiger charge is 2.51. The summed E-state index contributed by atoms with van der Waals surface area (Å²) in [6, 6.07) is 10.3. The summed E-state index contributed by atoms with van der Waals surface area (Å²) < 4.78 is 18.9. The van der Waals surface area contributed by atoms with Crippen molar-refractivity contribution >= 4 is 34.2 Å². The van der Waals surface area contributed by atoms with Gasteiger partial charge in [0.05, 0.1) is 31.0 Å². The Hall–Kier alpha value is -4.80. The molecule has 4 bridgehead atoms. The molecule has 4 N–H and O–H groups in total. The number of nitrogens with one attached hydrogen (secondary N) is 2. The number of hydrogen-bond acceptors (Lipinski definition) is 8. The second kappa shape index (κ2) is 10.7. The fourth-order valence-electron chi connectivity index (χ4n) is 8.01. The molecule has 4 aliphatic rings. The number of primary amides is 1. The van der Waals surface area contributed by atoms with Gasteiger partial charge in [-0.05, 0) is 80.5 Å². The lowest BCUT2D eigenvalue weighted by atomic mass is 9.53. The summed E-state index contributed by atoms with van der Waals surface area (Å²) in [6.45, 7) is 0. The van der Waals surface area contributed by atoms with E-state index in [0.717, 1.165) is 37.0 Å². The first-order valence-electron chi connectivity index (χ1n) is 15.0. The second-order valence-corrected chi connectivity index (χ2v) is 12.5. The van der Waals surface area contributed by atoms with E-state index < -0.39 is 5.91 Å². The van der Waals surface area contributed by atoms with E-state index in [4.69, 9.17) is 19.9 Å². The molecule has 0 radical (unpaired) electrons. The van der Waals surface area contributed by atoms with E-state index in [2.05, 4.69) is 20.7 Å². The fraction of sp³-hybridized carbons (Fsp3) is 0.394. The predicted octanol–water partition coefficient (Wildman–Crippen LogP) is 5.32. The summed E-state index contributed by atoms with van der Waals surface area (Å²) in [7, 11) is 4.84. The number of aryl methyl sites for hydroxylation is 1. The van der Waals surface area contributed by atoms with Crippen molar-refractivity contribution in [3.63, 3.8) is 0 Å². The summed E-state index contributed by atoms with van der Waals surface area (Å²) in [5, 5.41) is 11.9. The lowest BCUT2D eigenvalue weighted by Gasteiger charge is -2.56. The summed E-state index contributed by atoms with van der Waals surface area (Å²) in [6.07, 6.45) is 10.5. The zero-order valence-corrected chi connectivity index (χ0v) is 25.1. The molecule has 0 aliphatic heterocycles. The number of carbonyl (C=O) groups is 2. The number of nitrogens with zero attached hydrogens (tertiary/aromatic N) is 3. The second-order valence-electron chi connectivity index (χ2n) is 12.5. The lowest BCUT2D eigenvalue weighted by molar-refractivity contribution is -0.0166. The Kier molecular flexibility index (Phi) is 6.83. The molecule has 2 heterocycles. The van der Waals surface area contributed by atoms with Gasteiger partial charge in [-0.1, -0.05) is 0 Å². The molecule has 4 aliphatic carbocycles. The van der Waals surface area contributed by atoms with Gasteiger partial charge in [0, 0.05) is 42.5 Å². The normalized spacial score (nSPS) is 23.4. The maximum Gasteiger partial charge on any atom is 0.257 e. The Bertz CT molecular complexity index is 1750. The molecule has 11 nitrogen and oxygen atoms in total. The summed E-state index contributed by atoms with van der Waals surface area (Å²) in [5.41, 5.74) is 7.41. The van der Waals surface area contributed by atoms with Gasteiger partial charge in [-0.15, -0.1) is 0 Å². The van der Waals surface area contributed by atoms with Crippen LogP contribution in [0.2, 0.25) is 0 Å². The van der Waals surface area contributed by atoms with Crippen molar-refractivity contribution in [2.45, 2.75) is 44.1 Å². The molecule has 228 valence electrons. The van der Waals surface area contributed by atoms with Gasteiger partial charge < -0.3 is 30.6 Å². The number of benzene rings is 2. The van der Waals surface area contributed by atoms with Crippen molar-refractivity contribution < 1.29 is 23.8 Å². The molecule has 0 atom stereocenters. The van der Waals surface area contributed by atoms with Gasteiger partial charge in [-0.25, -0.2) is 0 Å². The largest absolute Gasteiger partial charge is 0.496 e. The van der Waals surface area contributed by atoms with Crippen molar-refractivity contribution in [3.8, 4) is 23.0 Å². The third-order valence-corrected chi connectivity index (χ3v) is 9.43. The number of anilines is 2. The minimum Gasteiger partial charge on any atom is -0.496 e. The number of amides is 2. The molecular weight excluding hydrogens is 560 g/mol. The average Bonchev–Trinajstić information content (AvgIpc) is 3.36. The van der Waals surface area contributed by atoms with Crippen LogP contribution in [0.15, 0.2) is 48.8 Å². The molecule has 2 amide bonds. The molecule has 4 fully saturated rings. The maximum atomic E-state index is 13.7. The van der Waals surface area contributed by atoms with Gasteiger partial charge in [-0.2, -0.15) is 5.10 Å². The average molecular weight is 597 g/mol. The monoisotopic (exact) mass is 596 g/mol. The molecule has 4 saturated carbocycles. The molecule has 11 heteroatoms. The van der Waals surface area contributed by atoms with Crippen LogP contribution >= 0.6 is 0 Å². The van der Waals surface area contributed by atoms with Crippen LogP contribution < -0.4 is 30.6 Å². The van der Waals surface area contributed by atoms with Crippen LogP contribution in [0.5, 0.6) is 23.0 Å². The Morgan fingerprint density at radius 3 is 2.30 bits per heavy atom. The van der Waals surface area contributed by atoms with E-state index in [9.17, 15) is 9.59 Å². The molecule has 44 heavy (non-hydrogen) atoms. The summed E-state index contributed by atoms with van der Waals surface area (Å²) in [5.74, 6) is 3.76. The standard InChI is InChI=1S/C33H36N6O5/c1-39-17-24(32(41)37-33-14-18-8-19(15-33)10-20(9-18)16-33)31(38-39)36-25-5-4-21(11-29(25)43-3)44-27-6-7-35-26-13-28(42-2)23(30(34)40)12-22(26)27/h4-7,11-13,17-20H,8-10,14-16H2,1-3H3,(H2,34,40)(H,36,38)(H,37,41). The predicted molar refractivity (Wildman–Crippen MR) is 165 cm³/mol. The molecule has 2 aromatic carbocycles. The summed E-state index contributed by atoms with van der Waals surface area (Å²) in [4.78, 5) is 30.1. The third-order valence-electron chi connectivity index (χ3n) is 9.43. The van der Waals surface area contributed by atoms with E-state index in [1.54, 1.807) is 61.6 Å². The van der Waals surface area contributed by atoms with E-state index in [0.29, 0.717) is 51.0 Å². The Labute approximate surface area is 255 Å². The van der Waals surface area contributed by atoms with Crippen LogP contribution in [0.1, 0.15) is 59.2 Å². The quantitative estimate of drug-likeness (QED) is 0.236. The first-order chi connectivity index (χ1) is 21.2. The first kappa shape index (κ1) is 28.0. The van der Waals surface area contributed by atoms with Crippen LogP contribution in [0.25, 0.3) is 10.9 Å². The molecule has 0 unspecified atom stereocenters. The van der Waals surface area contributed by atoms with Crippen LogP contribution in [-0.4, -0.2) is 46.3 Å². The Morgan fingerprint density at radius 1 is 0.932 bits per heavy atom. The van der Waals surface area contributed by atoms with Gasteiger partial charge in [0.25, 0.3) is 11.8 Å². The molecule has 0 spiro atoms. The molecule has 4 aromatic rings. The van der Waals surface area contributed by atoms with Crippen molar-refractivity contribution in [2.75, 3.05) is 19.5 Å². The minimum absolute atomic E-state index is 0.0991. The number of pyridine rings is 1. The highest BCUT2D eigenvalue weighted by atomic mass is 16.5. The van der Waals surface area contributed by atoms with Crippen molar-refractivity contribution in [1.29, 1.82) is 0 Å². The van der Waals surface area contributed by atoms with E-state index in [1.807, 2.05) is 6.07 Å². The fourth-order valence-corrected chi connectivity index (χ4v) is 8.01. The van der Waals surface area contributed by atoms with E-state index in [1.165, 1.54) is 26.4 Å². The zero-order valence-electron chi connectivity index (χ0n) is 25.1. The first-order valence-corrected chi connectivity index (χ1v) is 15.0. The maximum absolute atomic E-state index is 13.7. The smallest absolute Gasteiger partial charge is 0.257 e. The minimum atomic E-state index is -0.615. The topological polar surface area (TPSA) is 143 Å². The molecule has 2 aromatic heterocycles. The van der Waals surface area contributed by atoms with Gasteiger partial charge in [0.2, 0.25) is 0 Å². The van der Waals surface area contributed by atoms with Crippen molar-refractivity contribution in [1.82, 2.24) is 20.1 Å². The van der Waals surface area contributed by atoms with Gasteiger partial charge >= 0.3 is 0 Å². The van der Waals surface area contributed by atoms with Gasteiger partial charge in [-0.3, -0.25) is 19.3 Å². The number of nitrogens with two attached hydrogens (primary N) is 1. The van der Waals surface area contributed by atoms with E-state index in [-0.39, 0.29) is 17.0 Å². The van der Waals surface area contributed by atoms with Gasteiger partial charge in [0.1, 0.15) is 28.6 Å². The number of methoxy groups -OCH3 is 2. The molecule has 0 saturated heterocycles. The van der Waals surface area contributed by atoms with Crippen LogP contribution in [-0.2, 0) is 7.05 Å². The number of hydrogen-bond donors (Lipinski definition) is 3. The van der Waals surface area contributed by atoms with E-state index >= 15 is 0 Å². The number of ether oxygens (including phenoxy) is 3. The lowest BCUT2D eigenvalue weighted by Crippen LogP contribution is -2.59. The number of rotatable bonds is 9. The molecule has 8 rings (SSSR count). The van der Waals surface area contributed by atoms with Crippen LogP contribution in [0.4, 0.5) is 11.5 Å². The highest BCUT2D eigenvalue weighted by molar-refractivity contribution is 6.01. The zero-order chi connectivity index (χ0) is 30.6. The highest BCUT2D eigenvalue weighted by Crippen LogP contribution is 2.55. The molecular formula is C33H36N6O5. The van der Waals surface area contributed by atoms with Crippen LogP contribution in [0.3, 0.4) is 0 Å². The Balaban J connectivity index is 1.13.